The summed E-state index contributed by atoms with van der Waals surface area (Å²) in [7, 11) is 0. The zero-order valence-corrected chi connectivity index (χ0v) is 11.1. The minimum Gasteiger partial charge on any atom is -0.409 e. The molecule has 19 heavy (non-hydrogen) atoms. The lowest BCUT2D eigenvalue weighted by Gasteiger charge is -2.20. The van der Waals surface area contributed by atoms with Crippen molar-refractivity contribution in [3.05, 3.63) is 35.1 Å². The van der Waals surface area contributed by atoms with Crippen LogP contribution in [0.5, 0.6) is 0 Å². The lowest BCUT2D eigenvalue weighted by atomic mass is 10.0. The number of hydrogen-bond donors (Lipinski definition) is 4. The van der Waals surface area contributed by atoms with Crippen LogP contribution in [-0.4, -0.2) is 28.8 Å². The zero-order valence-electron chi connectivity index (χ0n) is 11.1. The molecule has 0 spiro atoms. The average molecular weight is 269 g/mol. The molecule has 106 valence electrons. The molecule has 6 heteroatoms. The predicted molar refractivity (Wildman–Crippen MR) is 71.5 cm³/mol. The first-order chi connectivity index (χ1) is 8.97. The Kier molecular flexibility index (Phi) is 5.72. The fraction of sp³-hybridized carbons (Fsp3) is 0.462. The Morgan fingerprint density at radius 2 is 2.11 bits per heavy atom. The lowest BCUT2D eigenvalue weighted by molar-refractivity contribution is 0.210. The van der Waals surface area contributed by atoms with Gasteiger partial charge < -0.3 is 21.4 Å². The third-order valence-electron chi connectivity index (χ3n) is 2.93. The molecule has 0 unspecified atom stereocenters. The fourth-order valence-electron chi connectivity index (χ4n) is 1.72. The highest BCUT2D eigenvalue weighted by Crippen LogP contribution is 2.10. The molecule has 1 rings (SSSR count). The molecule has 1 atom stereocenters. The number of halogens is 1. The van der Waals surface area contributed by atoms with Crippen LogP contribution in [-0.2, 0) is 6.54 Å². The second-order valence-electron chi connectivity index (χ2n) is 4.75. The molecule has 0 aromatic heterocycles. The number of nitrogens with two attached hydrogens (primary N) is 1. The van der Waals surface area contributed by atoms with Gasteiger partial charge in [0.2, 0.25) is 0 Å². The molecular formula is C13H20FN3O2. The third kappa shape index (κ3) is 4.50. The van der Waals surface area contributed by atoms with Crippen molar-refractivity contribution in [2.24, 2.45) is 16.8 Å². The number of aliphatic hydroxyl groups excluding tert-OH is 1. The van der Waals surface area contributed by atoms with Crippen molar-refractivity contribution in [2.75, 3.05) is 6.61 Å². The first-order valence-electron chi connectivity index (χ1n) is 6.09. The van der Waals surface area contributed by atoms with Crippen molar-refractivity contribution >= 4 is 5.84 Å². The van der Waals surface area contributed by atoms with Gasteiger partial charge in [-0.3, -0.25) is 0 Å². The number of hydrogen-bond acceptors (Lipinski definition) is 4. The molecule has 0 saturated carbocycles. The van der Waals surface area contributed by atoms with Gasteiger partial charge in [-0.2, -0.15) is 0 Å². The minimum absolute atomic E-state index is 0.0140. The maximum Gasteiger partial charge on any atom is 0.170 e. The number of nitrogens with one attached hydrogen (secondary N) is 1. The molecule has 0 aliphatic carbocycles. The molecule has 0 saturated heterocycles. The Morgan fingerprint density at radius 3 is 2.63 bits per heavy atom. The summed E-state index contributed by atoms with van der Waals surface area (Å²) in [6.45, 7) is 4.38. The van der Waals surface area contributed by atoms with Crippen LogP contribution in [0.4, 0.5) is 4.39 Å². The van der Waals surface area contributed by atoms with Crippen molar-refractivity contribution in [1.82, 2.24) is 5.32 Å². The highest BCUT2D eigenvalue weighted by atomic mass is 19.1. The molecule has 1 aromatic carbocycles. The summed E-state index contributed by atoms with van der Waals surface area (Å²) in [5.41, 5.74) is 6.43. The van der Waals surface area contributed by atoms with Gasteiger partial charge in [0.15, 0.2) is 5.84 Å². The third-order valence-corrected chi connectivity index (χ3v) is 2.93. The van der Waals surface area contributed by atoms with E-state index in [0.717, 1.165) is 0 Å². The lowest BCUT2D eigenvalue weighted by Crippen LogP contribution is -2.36. The molecule has 0 heterocycles. The van der Waals surface area contributed by atoms with Crippen LogP contribution in [0.3, 0.4) is 0 Å². The van der Waals surface area contributed by atoms with Gasteiger partial charge in [0, 0.05) is 18.2 Å². The Balaban J connectivity index is 2.81. The maximum atomic E-state index is 13.4. The maximum absolute atomic E-state index is 13.4. The van der Waals surface area contributed by atoms with Crippen molar-refractivity contribution in [1.29, 1.82) is 0 Å². The highest BCUT2D eigenvalue weighted by molar-refractivity contribution is 5.97. The van der Waals surface area contributed by atoms with E-state index < -0.39 is 5.82 Å². The zero-order chi connectivity index (χ0) is 14.4. The second-order valence-corrected chi connectivity index (χ2v) is 4.75. The quantitative estimate of drug-likeness (QED) is 0.269. The van der Waals surface area contributed by atoms with Gasteiger partial charge in [-0.25, -0.2) is 4.39 Å². The van der Waals surface area contributed by atoms with Crippen LogP contribution in [0.2, 0.25) is 0 Å². The molecule has 0 aliphatic rings. The monoisotopic (exact) mass is 269 g/mol. The van der Waals surface area contributed by atoms with Crippen LogP contribution in [0, 0.1) is 11.7 Å². The molecule has 0 amide bonds. The molecule has 0 fully saturated rings. The summed E-state index contributed by atoms with van der Waals surface area (Å²) in [6, 6.07) is 4.15. The summed E-state index contributed by atoms with van der Waals surface area (Å²) in [6.07, 6.45) is 0. The van der Waals surface area contributed by atoms with Gasteiger partial charge in [0.1, 0.15) is 5.82 Å². The van der Waals surface area contributed by atoms with E-state index in [4.69, 9.17) is 10.9 Å². The summed E-state index contributed by atoms with van der Waals surface area (Å²) >= 11 is 0. The number of amidine groups is 1. The Labute approximate surface area is 111 Å². The van der Waals surface area contributed by atoms with Gasteiger partial charge in [0.05, 0.1) is 6.61 Å². The predicted octanol–water partition coefficient (Wildman–Crippen LogP) is 1.03. The van der Waals surface area contributed by atoms with Gasteiger partial charge in [-0.15, -0.1) is 0 Å². The molecule has 5 nitrogen and oxygen atoms in total. The second kappa shape index (κ2) is 7.06. The molecule has 1 aromatic rings. The number of oxime groups is 1. The van der Waals surface area contributed by atoms with E-state index in [1.807, 2.05) is 13.8 Å². The van der Waals surface area contributed by atoms with E-state index in [2.05, 4.69) is 10.5 Å². The van der Waals surface area contributed by atoms with Gasteiger partial charge in [-0.1, -0.05) is 19.0 Å². The number of aliphatic hydroxyl groups is 1. The standard InChI is InChI=1S/C13H20FN3O2/c1-8(2)12(7-18)16-6-9-3-10(13(15)17-19)5-11(14)4-9/h3-5,8,12,16,18-19H,6-7H2,1-2H3,(H2,15,17)/t12-/m1/s1. The van der Waals surface area contributed by atoms with Crippen molar-refractivity contribution in [3.63, 3.8) is 0 Å². The normalized spacial score (nSPS) is 13.8. The van der Waals surface area contributed by atoms with Crippen molar-refractivity contribution in [3.8, 4) is 0 Å². The first kappa shape index (κ1) is 15.4. The van der Waals surface area contributed by atoms with E-state index >= 15 is 0 Å². The average Bonchev–Trinajstić information content (AvgIpc) is 2.37. The van der Waals surface area contributed by atoms with Crippen molar-refractivity contribution in [2.45, 2.75) is 26.4 Å². The first-order valence-corrected chi connectivity index (χ1v) is 6.09. The Bertz CT molecular complexity index is 450. The summed E-state index contributed by atoms with van der Waals surface area (Å²) in [5.74, 6) is -0.323. The fourth-order valence-corrected chi connectivity index (χ4v) is 1.72. The smallest absolute Gasteiger partial charge is 0.170 e. The van der Waals surface area contributed by atoms with E-state index in [1.54, 1.807) is 6.07 Å². The molecule has 0 aliphatic heterocycles. The summed E-state index contributed by atoms with van der Waals surface area (Å²) in [4.78, 5) is 0. The Morgan fingerprint density at radius 1 is 1.42 bits per heavy atom. The molecule has 0 bridgehead atoms. The van der Waals surface area contributed by atoms with Crippen LogP contribution in [0.15, 0.2) is 23.4 Å². The van der Waals surface area contributed by atoms with Crippen LogP contribution in [0.25, 0.3) is 0 Å². The topological polar surface area (TPSA) is 90.9 Å². The number of rotatable bonds is 6. The molecule has 0 radical (unpaired) electrons. The largest absolute Gasteiger partial charge is 0.409 e. The van der Waals surface area contributed by atoms with Crippen LogP contribution in [0.1, 0.15) is 25.0 Å². The van der Waals surface area contributed by atoms with E-state index in [9.17, 15) is 9.50 Å². The highest BCUT2D eigenvalue weighted by Gasteiger charge is 2.12. The van der Waals surface area contributed by atoms with Gasteiger partial charge >= 0.3 is 0 Å². The summed E-state index contributed by atoms with van der Waals surface area (Å²) in [5, 5.41) is 23.8. The SMILES string of the molecule is CC(C)[C@@H](CO)NCc1cc(F)cc(/C(N)=N/O)c1. The van der Waals surface area contributed by atoms with Gasteiger partial charge in [-0.05, 0) is 29.7 Å². The summed E-state index contributed by atoms with van der Waals surface area (Å²) < 4.78 is 13.4. The van der Waals surface area contributed by atoms with Crippen LogP contribution < -0.4 is 11.1 Å². The molecule has 5 N–H and O–H groups in total. The van der Waals surface area contributed by atoms with E-state index in [0.29, 0.717) is 17.7 Å². The van der Waals surface area contributed by atoms with Gasteiger partial charge in [0.25, 0.3) is 0 Å². The number of nitrogens with zero attached hydrogens (tertiary/aromatic N) is 1. The van der Waals surface area contributed by atoms with Crippen molar-refractivity contribution < 1.29 is 14.7 Å². The molecular weight excluding hydrogens is 249 g/mol. The van der Waals surface area contributed by atoms with E-state index in [1.165, 1.54) is 12.1 Å². The number of benzene rings is 1. The van der Waals surface area contributed by atoms with Crippen LogP contribution >= 0.6 is 0 Å². The minimum atomic E-state index is -0.453. The van der Waals surface area contributed by atoms with E-state index in [-0.39, 0.29) is 24.4 Å². The Hall–Kier alpha value is -1.66.